The molecule has 0 bridgehead atoms. The zero-order chi connectivity index (χ0) is 18.4. The fourth-order valence-corrected chi connectivity index (χ4v) is 2.38. The highest BCUT2D eigenvalue weighted by molar-refractivity contribution is 5.91. The van der Waals surface area contributed by atoms with Crippen molar-refractivity contribution in [2.75, 3.05) is 11.9 Å². The van der Waals surface area contributed by atoms with Gasteiger partial charge in [-0.1, -0.05) is 13.0 Å². The van der Waals surface area contributed by atoms with Crippen LogP contribution in [0.3, 0.4) is 0 Å². The minimum absolute atomic E-state index is 0.0922. The Labute approximate surface area is 148 Å². The lowest BCUT2D eigenvalue weighted by Crippen LogP contribution is -2.13. The zero-order valence-electron chi connectivity index (χ0n) is 15.1. The molecular weight excluding hydrogens is 321 g/mol. The minimum atomic E-state index is -0.406. The van der Waals surface area contributed by atoms with E-state index in [-0.39, 0.29) is 18.3 Å². The van der Waals surface area contributed by atoms with Crippen LogP contribution in [-0.4, -0.2) is 12.5 Å². The van der Waals surface area contributed by atoms with E-state index in [4.69, 9.17) is 9.47 Å². The largest absolute Gasteiger partial charge is 0.493 e. The SMILES string of the molecule is CCOc1cccc(NC(=O)CC)c1COc1cc(C)c(C)cc1F. The van der Waals surface area contributed by atoms with Crippen molar-refractivity contribution < 1.29 is 18.7 Å². The van der Waals surface area contributed by atoms with E-state index in [1.807, 2.05) is 20.8 Å². The summed E-state index contributed by atoms with van der Waals surface area (Å²) in [7, 11) is 0. The standard InChI is InChI=1S/C20H24FNO3/c1-5-20(23)22-17-8-7-9-18(24-6-2)15(17)12-25-19-11-14(4)13(3)10-16(19)21/h7-11H,5-6,12H2,1-4H3,(H,22,23). The number of halogens is 1. The third-order valence-electron chi connectivity index (χ3n) is 3.95. The van der Waals surface area contributed by atoms with Crippen molar-refractivity contribution in [3.05, 3.63) is 52.8 Å². The molecule has 0 aliphatic carbocycles. The molecule has 0 heterocycles. The number of rotatable bonds is 7. The first-order valence-electron chi connectivity index (χ1n) is 8.40. The van der Waals surface area contributed by atoms with Gasteiger partial charge in [0.1, 0.15) is 12.4 Å². The van der Waals surface area contributed by atoms with E-state index in [1.165, 1.54) is 6.07 Å². The molecule has 0 fully saturated rings. The summed E-state index contributed by atoms with van der Waals surface area (Å²) in [5, 5.41) is 2.84. The van der Waals surface area contributed by atoms with Crippen LogP contribution < -0.4 is 14.8 Å². The van der Waals surface area contributed by atoms with E-state index in [0.717, 1.165) is 11.1 Å². The van der Waals surface area contributed by atoms with Gasteiger partial charge in [0.15, 0.2) is 11.6 Å². The Bertz CT molecular complexity index is 759. The van der Waals surface area contributed by atoms with E-state index in [9.17, 15) is 9.18 Å². The van der Waals surface area contributed by atoms with Crippen molar-refractivity contribution in [2.45, 2.75) is 40.7 Å². The van der Waals surface area contributed by atoms with Crippen LogP contribution >= 0.6 is 0 Å². The molecule has 0 unspecified atom stereocenters. The maximum atomic E-state index is 14.1. The van der Waals surface area contributed by atoms with Crippen molar-refractivity contribution in [2.24, 2.45) is 0 Å². The minimum Gasteiger partial charge on any atom is -0.493 e. The van der Waals surface area contributed by atoms with Crippen molar-refractivity contribution in [1.82, 2.24) is 0 Å². The summed E-state index contributed by atoms with van der Waals surface area (Å²) in [6, 6.07) is 8.53. The summed E-state index contributed by atoms with van der Waals surface area (Å²) in [5.74, 6) is 0.284. The normalized spacial score (nSPS) is 10.4. The van der Waals surface area contributed by atoms with Crippen molar-refractivity contribution in [3.63, 3.8) is 0 Å². The number of nitrogens with one attached hydrogen (secondary N) is 1. The van der Waals surface area contributed by atoms with Gasteiger partial charge in [-0.3, -0.25) is 4.79 Å². The second kappa shape index (κ2) is 8.51. The van der Waals surface area contributed by atoms with E-state index < -0.39 is 5.82 Å². The molecule has 0 aliphatic heterocycles. The molecule has 0 atom stereocenters. The van der Waals surface area contributed by atoms with Crippen LogP contribution in [0.25, 0.3) is 0 Å². The van der Waals surface area contributed by atoms with Gasteiger partial charge in [0, 0.05) is 6.42 Å². The third kappa shape index (κ3) is 4.72. The van der Waals surface area contributed by atoms with Crippen LogP contribution in [0.2, 0.25) is 0 Å². The number of carbonyl (C=O) groups is 1. The second-order valence-corrected chi connectivity index (χ2v) is 5.77. The molecule has 0 aromatic heterocycles. The average molecular weight is 345 g/mol. The van der Waals surface area contributed by atoms with Gasteiger partial charge in [0.25, 0.3) is 0 Å². The summed E-state index contributed by atoms with van der Waals surface area (Å²) in [5.41, 5.74) is 3.12. The predicted octanol–water partition coefficient (Wildman–Crippen LogP) is 4.77. The van der Waals surface area contributed by atoms with Crippen LogP contribution in [0.15, 0.2) is 30.3 Å². The van der Waals surface area contributed by atoms with Gasteiger partial charge in [-0.15, -0.1) is 0 Å². The zero-order valence-corrected chi connectivity index (χ0v) is 15.1. The quantitative estimate of drug-likeness (QED) is 0.786. The first kappa shape index (κ1) is 18.8. The number of hydrogen-bond donors (Lipinski definition) is 1. The molecule has 25 heavy (non-hydrogen) atoms. The Kier molecular flexibility index (Phi) is 6.39. The Morgan fingerprint density at radius 1 is 1.08 bits per heavy atom. The number of anilines is 1. The van der Waals surface area contributed by atoms with Crippen molar-refractivity contribution in [3.8, 4) is 11.5 Å². The van der Waals surface area contributed by atoms with Crippen LogP contribution in [0.1, 0.15) is 37.0 Å². The topological polar surface area (TPSA) is 47.6 Å². The average Bonchev–Trinajstić information content (AvgIpc) is 2.58. The summed E-state index contributed by atoms with van der Waals surface area (Å²) in [6.07, 6.45) is 0.366. The van der Waals surface area contributed by atoms with Crippen LogP contribution in [-0.2, 0) is 11.4 Å². The molecule has 5 heteroatoms. The van der Waals surface area contributed by atoms with E-state index >= 15 is 0 Å². The number of carbonyl (C=O) groups excluding carboxylic acids is 1. The first-order valence-corrected chi connectivity index (χ1v) is 8.40. The number of ether oxygens (including phenoxy) is 2. The predicted molar refractivity (Wildman–Crippen MR) is 96.7 cm³/mol. The van der Waals surface area contributed by atoms with E-state index in [1.54, 1.807) is 31.2 Å². The van der Waals surface area contributed by atoms with Gasteiger partial charge in [-0.25, -0.2) is 4.39 Å². The van der Waals surface area contributed by atoms with Crippen LogP contribution in [0, 0.1) is 19.7 Å². The Balaban J connectivity index is 2.30. The number of benzene rings is 2. The molecule has 2 rings (SSSR count). The van der Waals surface area contributed by atoms with Gasteiger partial charge in [0.2, 0.25) is 5.91 Å². The highest BCUT2D eigenvalue weighted by Gasteiger charge is 2.14. The van der Waals surface area contributed by atoms with Gasteiger partial charge < -0.3 is 14.8 Å². The van der Waals surface area contributed by atoms with Crippen molar-refractivity contribution in [1.29, 1.82) is 0 Å². The molecule has 2 aromatic carbocycles. The lowest BCUT2D eigenvalue weighted by Gasteiger charge is -2.17. The van der Waals surface area contributed by atoms with Gasteiger partial charge in [0.05, 0.1) is 17.9 Å². The smallest absolute Gasteiger partial charge is 0.224 e. The molecule has 2 aromatic rings. The van der Waals surface area contributed by atoms with E-state index in [0.29, 0.717) is 30.0 Å². The second-order valence-electron chi connectivity index (χ2n) is 5.77. The fourth-order valence-electron chi connectivity index (χ4n) is 2.38. The van der Waals surface area contributed by atoms with Crippen LogP contribution in [0.4, 0.5) is 10.1 Å². The molecule has 1 N–H and O–H groups in total. The number of amides is 1. The molecule has 1 amide bonds. The Morgan fingerprint density at radius 3 is 2.48 bits per heavy atom. The Hall–Kier alpha value is -2.56. The molecule has 0 saturated carbocycles. The maximum Gasteiger partial charge on any atom is 0.224 e. The molecule has 0 saturated heterocycles. The highest BCUT2D eigenvalue weighted by atomic mass is 19.1. The Morgan fingerprint density at radius 2 is 1.80 bits per heavy atom. The van der Waals surface area contributed by atoms with Crippen LogP contribution in [0.5, 0.6) is 11.5 Å². The summed E-state index contributed by atoms with van der Waals surface area (Å²) < 4.78 is 25.4. The number of hydrogen-bond acceptors (Lipinski definition) is 3. The molecule has 134 valence electrons. The van der Waals surface area contributed by atoms with Gasteiger partial charge in [-0.2, -0.15) is 0 Å². The summed E-state index contributed by atoms with van der Waals surface area (Å²) in [4.78, 5) is 11.8. The first-order chi connectivity index (χ1) is 12.0. The van der Waals surface area contributed by atoms with Gasteiger partial charge >= 0.3 is 0 Å². The van der Waals surface area contributed by atoms with Crippen molar-refractivity contribution >= 4 is 11.6 Å². The molecule has 0 radical (unpaired) electrons. The summed E-state index contributed by atoms with van der Waals surface area (Å²) >= 11 is 0. The lowest BCUT2D eigenvalue weighted by molar-refractivity contribution is -0.115. The fraction of sp³-hybridized carbons (Fsp3) is 0.350. The van der Waals surface area contributed by atoms with Gasteiger partial charge in [-0.05, 0) is 56.2 Å². The highest BCUT2D eigenvalue weighted by Crippen LogP contribution is 2.30. The van der Waals surface area contributed by atoms with E-state index in [2.05, 4.69) is 5.32 Å². The molecular formula is C20H24FNO3. The molecule has 0 aliphatic rings. The third-order valence-corrected chi connectivity index (χ3v) is 3.95. The maximum absolute atomic E-state index is 14.1. The molecule has 4 nitrogen and oxygen atoms in total. The molecule has 0 spiro atoms. The summed E-state index contributed by atoms with van der Waals surface area (Å²) in [6.45, 7) is 7.99. The monoisotopic (exact) mass is 345 g/mol. The lowest BCUT2D eigenvalue weighted by atomic mass is 10.1. The number of aryl methyl sites for hydroxylation is 2.